The number of para-hydroxylation sites is 1. The molecule has 1 atom stereocenters. The number of nitrogens with zero attached hydrogens (tertiary/aromatic N) is 2. The molecule has 28 heavy (non-hydrogen) atoms. The van der Waals surface area contributed by atoms with Gasteiger partial charge in [0.1, 0.15) is 12.4 Å². The summed E-state index contributed by atoms with van der Waals surface area (Å²) in [6.07, 6.45) is 0. The maximum Gasteiger partial charge on any atom is 0.119 e. The number of anilines is 1. The third-order valence-electron chi connectivity index (χ3n) is 5.57. The molecule has 0 spiro atoms. The Hall–Kier alpha value is -2.08. The van der Waals surface area contributed by atoms with E-state index in [-0.39, 0.29) is 0 Å². The van der Waals surface area contributed by atoms with E-state index in [4.69, 9.17) is 14.2 Å². The Morgan fingerprint density at radius 3 is 2.75 bits per heavy atom. The molecular weight excluding hydrogens is 352 g/mol. The predicted molar refractivity (Wildman–Crippen MR) is 111 cm³/mol. The highest BCUT2D eigenvalue weighted by molar-refractivity contribution is 5.60. The first-order chi connectivity index (χ1) is 13.8. The lowest BCUT2D eigenvalue weighted by Crippen LogP contribution is -2.39. The van der Waals surface area contributed by atoms with Gasteiger partial charge in [0.2, 0.25) is 0 Å². The van der Waals surface area contributed by atoms with E-state index in [0.717, 1.165) is 51.7 Å². The van der Waals surface area contributed by atoms with Gasteiger partial charge in [-0.25, -0.2) is 0 Å². The molecule has 2 aromatic rings. The zero-order chi connectivity index (χ0) is 19.2. The molecule has 150 valence electrons. The molecule has 0 N–H and O–H groups in total. The molecule has 0 unspecified atom stereocenters. The van der Waals surface area contributed by atoms with E-state index in [1.165, 1.54) is 16.8 Å². The molecule has 0 bridgehead atoms. The second-order valence-electron chi connectivity index (χ2n) is 7.54. The van der Waals surface area contributed by atoms with Crippen LogP contribution in [0.15, 0.2) is 48.5 Å². The Labute approximate surface area is 167 Å². The molecule has 2 aromatic carbocycles. The van der Waals surface area contributed by atoms with Crippen LogP contribution in [0.2, 0.25) is 0 Å². The van der Waals surface area contributed by atoms with E-state index >= 15 is 0 Å². The maximum atomic E-state index is 5.78. The molecule has 0 amide bonds. The van der Waals surface area contributed by atoms with E-state index < -0.39 is 0 Å². The van der Waals surface area contributed by atoms with Crippen LogP contribution in [0.4, 0.5) is 5.69 Å². The zero-order valence-electron chi connectivity index (χ0n) is 16.7. The summed E-state index contributed by atoms with van der Waals surface area (Å²) in [6.45, 7) is 8.04. The van der Waals surface area contributed by atoms with Gasteiger partial charge >= 0.3 is 0 Å². The summed E-state index contributed by atoms with van der Waals surface area (Å²) in [5, 5.41) is 0. The lowest BCUT2D eigenvalue weighted by atomic mass is 10.0. The molecule has 0 radical (unpaired) electrons. The second-order valence-corrected chi connectivity index (χ2v) is 7.54. The van der Waals surface area contributed by atoms with Crippen molar-refractivity contribution in [2.24, 2.45) is 0 Å². The molecule has 2 aliphatic heterocycles. The van der Waals surface area contributed by atoms with Crippen molar-refractivity contribution in [3.05, 3.63) is 59.7 Å². The van der Waals surface area contributed by atoms with Crippen LogP contribution in [-0.4, -0.2) is 64.6 Å². The Morgan fingerprint density at radius 2 is 1.89 bits per heavy atom. The van der Waals surface area contributed by atoms with Crippen molar-refractivity contribution >= 4 is 5.69 Å². The third-order valence-corrected chi connectivity index (χ3v) is 5.57. The SMILES string of the molecule is COCCOc1cccc(CN2C[C@H](CN3CCOCC3)c3ccccc32)c1. The van der Waals surface area contributed by atoms with Gasteiger partial charge in [0, 0.05) is 51.4 Å². The molecule has 1 fully saturated rings. The molecule has 5 heteroatoms. The lowest BCUT2D eigenvalue weighted by molar-refractivity contribution is 0.0356. The van der Waals surface area contributed by atoms with Gasteiger partial charge in [0.05, 0.1) is 19.8 Å². The molecule has 0 aromatic heterocycles. The van der Waals surface area contributed by atoms with Crippen LogP contribution in [0, 0.1) is 0 Å². The van der Waals surface area contributed by atoms with E-state index in [2.05, 4.69) is 52.3 Å². The number of methoxy groups -OCH3 is 1. The fourth-order valence-corrected chi connectivity index (χ4v) is 4.18. The summed E-state index contributed by atoms with van der Waals surface area (Å²) in [6, 6.07) is 17.3. The highest BCUT2D eigenvalue weighted by Crippen LogP contribution is 2.37. The van der Waals surface area contributed by atoms with Gasteiger partial charge in [0.15, 0.2) is 0 Å². The lowest BCUT2D eigenvalue weighted by Gasteiger charge is -2.29. The summed E-state index contributed by atoms with van der Waals surface area (Å²) >= 11 is 0. The van der Waals surface area contributed by atoms with Crippen molar-refractivity contribution in [2.75, 3.05) is 64.6 Å². The first kappa shape index (κ1) is 19.2. The second kappa shape index (κ2) is 9.41. The van der Waals surface area contributed by atoms with Crippen molar-refractivity contribution in [1.82, 2.24) is 4.90 Å². The summed E-state index contributed by atoms with van der Waals surface area (Å²) in [7, 11) is 1.69. The number of morpholine rings is 1. The number of ether oxygens (including phenoxy) is 3. The van der Waals surface area contributed by atoms with Gasteiger partial charge in [0.25, 0.3) is 0 Å². The quantitative estimate of drug-likeness (QED) is 0.655. The fourth-order valence-electron chi connectivity index (χ4n) is 4.18. The molecule has 2 aliphatic rings. The van der Waals surface area contributed by atoms with Gasteiger partial charge in [-0.3, -0.25) is 4.90 Å². The molecule has 4 rings (SSSR count). The van der Waals surface area contributed by atoms with Crippen LogP contribution in [0.25, 0.3) is 0 Å². The van der Waals surface area contributed by atoms with Crippen LogP contribution < -0.4 is 9.64 Å². The van der Waals surface area contributed by atoms with Crippen LogP contribution in [0.3, 0.4) is 0 Å². The molecule has 0 saturated carbocycles. The minimum absolute atomic E-state index is 0.551. The molecule has 0 aliphatic carbocycles. The van der Waals surface area contributed by atoms with Crippen molar-refractivity contribution in [1.29, 1.82) is 0 Å². The molecule has 2 heterocycles. The van der Waals surface area contributed by atoms with Gasteiger partial charge < -0.3 is 19.1 Å². The topological polar surface area (TPSA) is 34.2 Å². The standard InChI is InChI=1S/C23H30N2O3/c1-26-13-14-28-21-6-4-5-19(15-21)16-25-18-20(17-24-9-11-27-12-10-24)22-7-2-3-8-23(22)25/h2-8,15,20H,9-14,16-18H2,1H3/t20-/m0/s1. The van der Waals surface area contributed by atoms with E-state index in [1.807, 2.05) is 6.07 Å². The van der Waals surface area contributed by atoms with Gasteiger partial charge in [-0.1, -0.05) is 30.3 Å². The smallest absolute Gasteiger partial charge is 0.119 e. The van der Waals surface area contributed by atoms with Crippen LogP contribution in [0.5, 0.6) is 5.75 Å². The minimum Gasteiger partial charge on any atom is -0.491 e. The summed E-state index contributed by atoms with van der Waals surface area (Å²) in [5.74, 6) is 1.46. The van der Waals surface area contributed by atoms with Gasteiger partial charge in [-0.05, 0) is 29.3 Å². The Balaban J connectivity index is 1.44. The molecule has 1 saturated heterocycles. The zero-order valence-corrected chi connectivity index (χ0v) is 16.7. The number of benzene rings is 2. The normalized spacial score (nSPS) is 19.6. The molecule has 5 nitrogen and oxygen atoms in total. The highest BCUT2D eigenvalue weighted by Gasteiger charge is 2.30. The summed E-state index contributed by atoms with van der Waals surface area (Å²) in [5.41, 5.74) is 4.12. The van der Waals surface area contributed by atoms with Gasteiger partial charge in [-0.15, -0.1) is 0 Å². The summed E-state index contributed by atoms with van der Waals surface area (Å²) < 4.78 is 16.4. The third kappa shape index (κ3) is 4.66. The number of rotatable bonds is 8. The summed E-state index contributed by atoms with van der Waals surface area (Å²) in [4.78, 5) is 5.05. The van der Waals surface area contributed by atoms with Crippen LogP contribution in [-0.2, 0) is 16.0 Å². The van der Waals surface area contributed by atoms with Crippen molar-refractivity contribution in [3.63, 3.8) is 0 Å². The van der Waals surface area contributed by atoms with Crippen molar-refractivity contribution in [2.45, 2.75) is 12.5 Å². The molecular formula is C23H30N2O3. The van der Waals surface area contributed by atoms with Crippen molar-refractivity contribution in [3.8, 4) is 5.75 Å². The average molecular weight is 383 g/mol. The fraction of sp³-hybridized carbons (Fsp3) is 0.478. The number of hydrogen-bond donors (Lipinski definition) is 0. The largest absolute Gasteiger partial charge is 0.491 e. The number of fused-ring (bicyclic) bond motifs is 1. The predicted octanol–water partition coefficient (Wildman–Crippen LogP) is 3.15. The van der Waals surface area contributed by atoms with Crippen molar-refractivity contribution < 1.29 is 14.2 Å². The van der Waals surface area contributed by atoms with E-state index in [0.29, 0.717) is 19.1 Å². The first-order valence-electron chi connectivity index (χ1n) is 10.2. The highest BCUT2D eigenvalue weighted by atomic mass is 16.5. The van der Waals surface area contributed by atoms with E-state index in [9.17, 15) is 0 Å². The van der Waals surface area contributed by atoms with Gasteiger partial charge in [-0.2, -0.15) is 0 Å². The maximum absolute atomic E-state index is 5.78. The average Bonchev–Trinajstić information content (AvgIpc) is 3.07. The monoisotopic (exact) mass is 382 g/mol. The van der Waals surface area contributed by atoms with E-state index in [1.54, 1.807) is 7.11 Å². The van der Waals surface area contributed by atoms with Crippen LogP contribution in [0.1, 0.15) is 17.0 Å². The Morgan fingerprint density at radius 1 is 1.04 bits per heavy atom. The first-order valence-corrected chi connectivity index (χ1v) is 10.2. The number of hydrogen-bond acceptors (Lipinski definition) is 5. The Bertz CT molecular complexity index is 761. The van der Waals surface area contributed by atoms with Crippen LogP contribution >= 0.6 is 0 Å². The Kier molecular flexibility index (Phi) is 6.47. The minimum atomic E-state index is 0.551.